The summed E-state index contributed by atoms with van der Waals surface area (Å²) in [5.41, 5.74) is 4.40. The fourth-order valence-corrected chi connectivity index (χ4v) is 2.10. The molecule has 0 saturated heterocycles. The molecule has 0 aliphatic heterocycles. The second-order valence-electron chi connectivity index (χ2n) is 3.83. The first-order valence-corrected chi connectivity index (χ1v) is 6.08. The number of halogens is 2. The highest BCUT2D eigenvalue weighted by Gasteiger charge is 2.05. The zero-order valence-electron chi connectivity index (χ0n) is 9.48. The summed E-state index contributed by atoms with van der Waals surface area (Å²) < 4.78 is 1.45. The van der Waals surface area contributed by atoms with Crippen molar-refractivity contribution in [3.05, 3.63) is 46.3 Å². The van der Waals surface area contributed by atoms with Crippen molar-refractivity contribution >= 4 is 39.9 Å². The molecule has 0 atom stereocenters. The molecule has 0 spiro atoms. The Kier molecular flexibility index (Phi) is 2.88. The normalized spacial score (nSPS) is 10.8. The van der Waals surface area contributed by atoms with Gasteiger partial charge in [0.15, 0.2) is 11.1 Å². The molecule has 0 unspecified atom stereocenters. The third-order valence-corrected chi connectivity index (χ3v) is 3.14. The average molecular weight is 295 g/mol. The lowest BCUT2D eigenvalue weighted by atomic mass is 10.3. The monoisotopic (exact) mass is 294 g/mol. The van der Waals surface area contributed by atoms with Crippen LogP contribution in [0.25, 0.3) is 11.0 Å². The zero-order chi connectivity index (χ0) is 13.4. The summed E-state index contributed by atoms with van der Waals surface area (Å²) in [7, 11) is 0. The Hall–Kier alpha value is -2.05. The van der Waals surface area contributed by atoms with E-state index in [0.29, 0.717) is 26.8 Å². The molecular formula is C11H8Cl2N6. The van der Waals surface area contributed by atoms with Crippen LogP contribution in [0.4, 0.5) is 5.69 Å². The molecule has 8 heteroatoms. The second kappa shape index (κ2) is 4.56. The number of aromatic amines is 1. The van der Waals surface area contributed by atoms with E-state index in [0.717, 1.165) is 0 Å². The van der Waals surface area contributed by atoms with E-state index >= 15 is 0 Å². The van der Waals surface area contributed by atoms with E-state index in [1.165, 1.54) is 11.0 Å². The first kappa shape index (κ1) is 12.0. The van der Waals surface area contributed by atoms with Gasteiger partial charge in [0, 0.05) is 5.02 Å². The number of nitrogens with zero attached hydrogens (tertiary/aromatic N) is 3. The Morgan fingerprint density at radius 1 is 1.32 bits per heavy atom. The van der Waals surface area contributed by atoms with Crippen LogP contribution in [0.15, 0.2) is 30.7 Å². The summed E-state index contributed by atoms with van der Waals surface area (Å²) in [5, 5.41) is 16.2. The summed E-state index contributed by atoms with van der Waals surface area (Å²) in [6.07, 6.45) is 3.03. The number of benzene rings is 1. The van der Waals surface area contributed by atoms with Crippen LogP contribution in [-0.2, 0) is 0 Å². The topological polar surface area (TPSA) is 82.4 Å². The largest absolute Gasteiger partial charge is 0.290 e. The number of hydrogen-bond donors (Lipinski definition) is 3. The molecule has 2 aromatic heterocycles. The van der Waals surface area contributed by atoms with Gasteiger partial charge in [0.2, 0.25) is 0 Å². The maximum absolute atomic E-state index is 8.05. The minimum atomic E-state index is 0.227. The van der Waals surface area contributed by atoms with Crippen molar-refractivity contribution in [1.29, 1.82) is 5.41 Å². The van der Waals surface area contributed by atoms with E-state index < -0.39 is 0 Å². The quantitative estimate of drug-likeness (QED) is 0.679. The number of rotatable bonds is 2. The minimum absolute atomic E-state index is 0.227. The SMILES string of the molecule is N=c1c2cn[nH]c2ncn1Nc1ccc(Cl)cc1Cl. The van der Waals surface area contributed by atoms with Gasteiger partial charge in [-0.2, -0.15) is 5.10 Å². The highest BCUT2D eigenvalue weighted by atomic mass is 35.5. The smallest absolute Gasteiger partial charge is 0.160 e. The molecule has 0 saturated carbocycles. The van der Waals surface area contributed by atoms with Crippen LogP contribution in [0.3, 0.4) is 0 Å². The molecule has 0 fully saturated rings. The van der Waals surface area contributed by atoms with Crippen LogP contribution >= 0.6 is 23.2 Å². The van der Waals surface area contributed by atoms with Crippen molar-refractivity contribution in [2.45, 2.75) is 0 Å². The first-order valence-electron chi connectivity index (χ1n) is 5.32. The molecule has 3 rings (SSSR count). The average Bonchev–Trinajstić information content (AvgIpc) is 2.85. The van der Waals surface area contributed by atoms with Crippen molar-refractivity contribution in [1.82, 2.24) is 19.9 Å². The molecular weight excluding hydrogens is 287 g/mol. The fraction of sp³-hybridized carbons (Fsp3) is 0. The third kappa shape index (κ3) is 2.16. The van der Waals surface area contributed by atoms with Gasteiger partial charge in [-0.1, -0.05) is 23.2 Å². The predicted molar refractivity (Wildman–Crippen MR) is 73.2 cm³/mol. The van der Waals surface area contributed by atoms with Crippen LogP contribution in [-0.4, -0.2) is 19.9 Å². The van der Waals surface area contributed by atoms with E-state index in [2.05, 4.69) is 20.6 Å². The number of aromatic nitrogens is 4. The fourth-order valence-electron chi connectivity index (χ4n) is 1.65. The molecule has 0 bridgehead atoms. The van der Waals surface area contributed by atoms with Crippen LogP contribution in [0.5, 0.6) is 0 Å². The van der Waals surface area contributed by atoms with Crippen molar-refractivity contribution in [2.75, 3.05) is 5.43 Å². The predicted octanol–water partition coefficient (Wildman–Crippen LogP) is 2.42. The zero-order valence-corrected chi connectivity index (χ0v) is 11.0. The van der Waals surface area contributed by atoms with Crippen LogP contribution in [0.2, 0.25) is 10.0 Å². The van der Waals surface area contributed by atoms with E-state index in [1.54, 1.807) is 24.4 Å². The first-order chi connectivity index (χ1) is 9.15. The van der Waals surface area contributed by atoms with E-state index in [1.807, 2.05) is 0 Å². The molecule has 19 heavy (non-hydrogen) atoms. The third-order valence-electron chi connectivity index (χ3n) is 2.59. The molecule has 0 aliphatic carbocycles. The van der Waals surface area contributed by atoms with E-state index in [9.17, 15) is 0 Å². The molecule has 0 amide bonds. The van der Waals surface area contributed by atoms with Crippen molar-refractivity contribution in [3.8, 4) is 0 Å². The van der Waals surface area contributed by atoms with Gasteiger partial charge in [0.25, 0.3) is 0 Å². The molecule has 1 aromatic carbocycles. The number of nitrogens with one attached hydrogen (secondary N) is 3. The number of H-pyrrole nitrogens is 1. The summed E-state index contributed by atoms with van der Waals surface area (Å²) in [6, 6.07) is 5.07. The minimum Gasteiger partial charge on any atom is -0.290 e. The Bertz CT molecular complexity index is 806. The van der Waals surface area contributed by atoms with Gasteiger partial charge in [0.05, 0.1) is 22.3 Å². The molecule has 96 valence electrons. The van der Waals surface area contributed by atoms with Crippen LogP contribution in [0.1, 0.15) is 0 Å². The van der Waals surface area contributed by atoms with Gasteiger partial charge in [0.1, 0.15) is 6.33 Å². The van der Waals surface area contributed by atoms with Gasteiger partial charge in [-0.05, 0) is 18.2 Å². The Balaban J connectivity index is 2.05. The lowest BCUT2D eigenvalue weighted by Gasteiger charge is -2.11. The molecule has 6 nitrogen and oxygen atoms in total. The number of fused-ring (bicyclic) bond motifs is 1. The Morgan fingerprint density at radius 3 is 2.95 bits per heavy atom. The summed E-state index contributed by atoms with van der Waals surface area (Å²) in [6.45, 7) is 0. The summed E-state index contributed by atoms with van der Waals surface area (Å²) in [4.78, 5) is 4.14. The van der Waals surface area contributed by atoms with Crippen molar-refractivity contribution in [3.63, 3.8) is 0 Å². The standard InChI is InChI=1S/C11H8Cl2N6/c12-6-1-2-9(8(13)3-6)18-19-5-15-11-7(10(19)14)4-16-17-11/h1-5,14,18H,(H,16,17). The van der Waals surface area contributed by atoms with Crippen molar-refractivity contribution in [2.24, 2.45) is 0 Å². The number of hydrogen-bond acceptors (Lipinski definition) is 4. The van der Waals surface area contributed by atoms with Gasteiger partial charge >= 0.3 is 0 Å². The van der Waals surface area contributed by atoms with Gasteiger partial charge in [-0.15, -0.1) is 0 Å². The molecule has 0 radical (unpaired) electrons. The van der Waals surface area contributed by atoms with Gasteiger partial charge < -0.3 is 0 Å². The van der Waals surface area contributed by atoms with Crippen LogP contribution in [0, 0.1) is 5.41 Å². The lowest BCUT2D eigenvalue weighted by molar-refractivity contribution is 0.838. The van der Waals surface area contributed by atoms with Gasteiger partial charge in [-0.3, -0.25) is 15.9 Å². The molecule has 3 N–H and O–H groups in total. The molecule has 3 aromatic rings. The lowest BCUT2D eigenvalue weighted by Crippen LogP contribution is -2.26. The maximum Gasteiger partial charge on any atom is 0.160 e. The highest BCUT2D eigenvalue weighted by molar-refractivity contribution is 6.36. The second-order valence-corrected chi connectivity index (χ2v) is 4.68. The number of anilines is 1. The van der Waals surface area contributed by atoms with Gasteiger partial charge in [-0.25, -0.2) is 9.66 Å². The maximum atomic E-state index is 8.05. The Morgan fingerprint density at radius 2 is 2.16 bits per heavy atom. The van der Waals surface area contributed by atoms with Crippen LogP contribution < -0.4 is 10.9 Å². The molecule has 0 aliphatic rings. The van der Waals surface area contributed by atoms with E-state index in [-0.39, 0.29) is 5.49 Å². The Labute approximate surface area is 117 Å². The van der Waals surface area contributed by atoms with Crippen molar-refractivity contribution < 1.29 is 0 Å². The molecule has 2 heterocycles. The summed E-state index contributed by atoms with van der Waals surface area (Å²) in [5.74, 6) is 0. The van der Waals surface area contributed by atoms with E-state index in [4.69, 9.17) is 28.6 Å². The summed E-state index contributed by atoms with van der Waals surface area (Å²) >= 11 is 11.9. The highest BCUT2D eigenvalue weighted by Crippen LogP contribution is 2.25.